The quantitative estimate of drug-likeness (QED) is 0.829. The Morgan fingerprint density at radius 2 is 2.29 bits per heavy atom. The lowest BCUT2D eigenvalue weighted by atomic mass is 10.2. The summed E-state index contributed by atoms with van der Waals surface area (Å²) in [5.74, 6) is 0.223. The second kappa shape index (κ2) is 7.29. The maximum Gasteiger partial charge on any atom is 0.407 e. The number of pyridine rings is 1. The number of nitriles is 1. The van der Waals surface area contributed by atoms with E-state index in [1.165, 1.54) is 0 Å². The molecule has 0 aliphatic rings. The first-order chi connectivity index (χ1) is 9.81. The van der Waals surface area contributed by atoms with Gasteiger partial charge in [0.25, 0.3) is 0 Å². The molecule has 0 radical (unpaired) electrons. The summed E-state index contributed by atoms with van der Waals surface area (Å²) in [5.41, 5.74) is 6.18. The Morgan fingerprint density at radius 3 is 2.90 bits per heavy atom. The minimum absolute atomic E-state index is 0.223. The number of carbonyl (C=O) groups excluding carboxylic acids is 1. The zero-order chi connectivity index (χ0) is 15.9. The van der Waals surface area contributed by atoms with Crippen LogP contribution in [0.2, 0.25) is 0 Å². The summed E-state index contributed by atoms with van der Waals surface area (Å²) in [6.07, 6.45) is 5.51. The molecule has 112 valence electrons. The van der Waals surface area contributed by atoms with Crippen LogP contribution in [0.3, 0.4) is 0 Å². The molecule has 0 bridgehead atoms. The Hall–Kier alpha value is -2.55. The molecule has 1 heterocycles. The molecule has 1 aromatic rings. The van der Waals surface area contributed by atoms with Crippen LogP contribution in [0.25, 0.3) is 6.08 Å². The third-order valence-corrected chi connectivity index (χ3v) is 2.35. The summed E-state index contributed by atoms with van der Waals surface area (Å²) >= 11 is 0. The molecule has 6 heteroatoms. The van der Waals surface area contributed by atoms with Crippen molar-refractivity contribution in [2.24, 2.45) is 0 Å². The predicted octanol–water partition coefficient (Wildman–Crippen LogP) is 2.46. The summed E-state index contributed by atoms with van der Waals surface area (Å²) in [6.45, 7) is 5.91. The number of nitrogens with two attached hydrogens (primary N) is 1. The van der Waals surface area contributed by atoms with Crippen molar-refractivity contribution >= 4 is 18.0 Å². The van der Waals surface area contributed by atoms with E-state index >= 15 is 0 Å². The predicted molar refractivity (Wildman–Crippen MR) is 81.3 cm³/mol. The number of nitrogens with one attached hydrogen (secondary N) is 1. The van der Waals surface area contributed by atoms with Gasteiger partial charge in [-0.05, 0) is 38.8 Å². The summed E-state index contributed by atoms with van der Waals surface area (Å²) in [5, 5.41) is 11.5. The third-order valence-electron chi connectivity index (χ3n) is 2.35. The largest absolute Gasteiger partial charge is 0.444 e. The molecule has 0 atom stereocenters. The summed E-state index contributed by atoms with van der Waals surface area (Å²) < 4.78 is 5.11. The Balaban J connectivity index is 2.39. The van der Waals surface area contributed by atoms with Crippen LogP contribution in [-0.2, 0) is 4.74 Å². The fourth-order valence-electron chi connectivity index (χ4n) is 1.46. The standard InChI is InChI=1S/C15H20N4O2/c1-15(2,3)21-14(20)18-7-5-4-6-11-8-12(9-16)13(17)19-10-11/h4,6,8,10H,5,7H2,1-3H3,(H2,17,19)(H,18,20). The van der Waals surface area contributed by atoms with E-state index in [0.29, 0.717) is 18.5 Å². The fourth-order valence-corrected chi connectivity index (χ4v) is 1.46. The molecule has 1 aromatic heterocycles. The number of hydrogen-bond acceptors (Lipinski definition) is 5. The van der Waals surface area contributed by atoms with E-state index < -0.39 is 11.7 Å². The lowest BCUT2D eigenvalue weighted by molar-refractivity contribution is 0.0529. The minimum atomic E-state index is -0.497. The summed E-state index contributed by atoms with van der Waals surface area (Å²) in [6, 6.07) is 3.65. The second-order valence-corrected chi connectivity index (χ2v) is 5.43. The van der Waals surface area contributed by atoms with Crippen LogP contribution < -0.4 is 11.1 Å². The van der Waals surface area contributed by atoms with Crippen LogP contribution in [-0.4, -0.2) is 23.2 Å². The number of rotatable bonds is 4. The minimum Gasteiger partial charge on any atom is -0.444 e. The van der Waals surface area contributed by atoms with Gasteiger partial charge in [-0.2, -0.15) is 5.26 Å². The number of nitrogens with zero attached hydrogens (tertiary/aromatic N) is 2. The lowest BCUT2D eigenvalue weighted by Gasteiger charge is -2.19. The topological polar surface area (TPSA) is 101 Å². The lowest BCUT2D eigenvalue weighted by Crippen LogP contribution is -2.32. The van der Waals surface area contributed by atoms with Crippen molar-refractivity contribution in [3.63, 3.8) is 0 Å². The van der Waals surface area contributed by atoms with Gasteiger partial charge in [0.15, 0.2) is 0 Å². The Kier molecular flexibility index (Phi) is 5.73. The molecule has 0 spiro atoms. The van der Waals surface area contributed by atoms with Gasteiger partial charge in [0.1, 0.15) is 17.5 Å². The average Bonchev–Trinajstić information content (AvgIpc) is 2.38. The molecular weight excluding hydrogens is 268 g/mol. The third kappa shape index (κ3) is 6.43. The van der Waals surface area contributed by atoms with Crippen LogP contribution in [0.1, 0.15) is 38.3 Å². The number of carbonyl (C=O) groups is 1. The molecule has 3 N–H and O–H groups in total. The van der Waals surface area contributed by atoms with Crippen LogP contribution in [0.5, 0.6) is 0 Å². The summed E-state index contributed by atoms with van der Waals surface area (Å²) in [4.78, 5) is 15.3. The molecule has 0 aliphatic carbocycles. The molecular formula is C15H20N4O2. The van der Waals surface area contributed by atoms with Gasteiger partial charge in [-0.3, -0.25) is 0 Å². The van der Waals surface area contributed by atoms with Gasteiger partial charge in [0, 0.05) is 12.7 Å². The molecule has 0 saturated heterocycles. The van der Waals surface area contributed by atoms with E-state index in [1.54, 1.807) is 12.3 Å². The molecule has 1 rings (SSSR count). The van der Waals surface area contributed by atoms with Crippen molar-refractivity contribution in [2.75, 3.05) is 12.3 Å². The first-order valence-corrected chi connectivity index (χ1v) is 6.61. The summed E-state index contributed by atoms with van der Waals surface area (Å²) in [7, 11) is 0. The van der Waals surface area contributed by atoms with Gasteiger partial charge in [-0.15, -0.1) is 0 Å². The number of ether oxygens (including phenoxy) is 1. The fraction of sp³-hybridized carbons (Fsp3) is 0.400. The monoisotopic (exact) mass is 288 g/mol. The smallest absolute Gasteiger partial charge is 0.407 e. The van der Waals surface area contributed by atoms with E-state index in [1.807, 2.05) is 39.0 Å². The van der Waals surface area contributed by atoms with Crippen molar-refractivity contribution in [2.45, 2.75) is 32.8 Å². The highest BCUT2D eigenvalue weighted by molar-refractivity contribution is 5.67. The highest BCUT2D eigenvalue weighted by Gasteiger charge is 2.15. The normalized spacial score (nSPS) is 11.1. The molecule has 0 fully saturated rings. The maximum atomic E-state index is 11.4. The number of aromatic nitrogens is 1. The van der Waals surface area contributed by atoms with Gasteiger partial charge in [0.2, 0.25) is 0 Å². The van der Waals surface area contributed by atoms with Crippen molar-refractivity contribution in [3.05, 3.63) is 29.5 Å². The Bertz CT molecular complexity index is 568. The number of nitrogen functional groups attached to an aromatic ring is 1. The molecule has 21 heavy (non-hydrogen) atoms. The van der Waals surface area contributed by atoms with E-state index in [0.717, 1.165) is 5.56 Å². The molecule has 6 nitrogen and oxygen atoms in total. The van der Waals surface area contributed by atoms with Crippen LogP contribution in [0, 0.1) is 11.3 Å². The van der Waals surface area contributed by atoms with Crippen molar-refractivity contribution < 1.29 is 9.53 Å². The molecule has 0 saturated carbocycles. The zero-order valence-electron chi connectivity index (χ0n) is 12.5. The van der Waals surface area contributed by atoms with E-state index in [2.05, 4.69) is 10.3 Å². The molecule has 0 aliphatic heterocycles. The first-order valence-electron chi connectivity index (χ1n) is 6.61. The Labute approximate surface area is 124 Å². The number of alkyl carbamates (subject to hydrolysis) is 1. The highest BCUT2D eigenvalue weighted by Crippen LogP contribution is 2.11. The number of anilines is 1. The van der Waals surface area contributed by atoms with Gasteiger partial charge in [-0.1, -0.05) is 12.2 Å². The first kappa shape index (κ1) is 16.5. The van der Waals surface area contributed by atoms with E-state index in [-0.39, 0.29) is 5.82 Å². The van der Waals surface area contributed by atoms with Crippen LogP contribution >= 0.6 is 0 Å². The number of amides is 1. The second-order valence-electron chi connectivity index (χ2n) is 5.43. The SMILES string of the molecule is CC(C)(C)OC(=O)NCCC=Cc1cnc(N)c(C#N)c1. The average molecular weight is 288 g/mol. The van der Waals surface area contributed by atoms with Gasteiger partial charge >= 0.3 is 6.09 Å². The Morgan fingerprint density at radius 1 is 1.57 bits per heavy atom. The van der Waals surface area contributed by atoms with Crippen LogP contribution in [0.15, 0.2) is 18.3 Å². The van der Waals surface area contributed by atoms with Crippen molar-refractivity contribution in [3.8, 4) is 6.07 Å². The van der Waals surface area contributed by atoms with Gasteiger partial charge in [-0.25, -0.2) is 9.78 Å². The van der Waals surface area contributed by atoms with Gasteiger partial charge in [0.05, 0.1) is 5.56 Å². The van der Waals surface area contributed by atoms with E-state index in [4.69, 9.17) is 15.7 Å². The van der Waals surface area contributed by atoms with Crippen molar-refractivity contribution in [1.82, 2.24) is 10.3 Å². The zero-order valence-corrected chi connectivity index (χ0v) is 12.5. The van der Waals surface area contributed by atoms with Crippen LogP contribution in [0.4, 0.5) is 10.6 Å². The maximum absolute atomic E-state index is 11.4. The van der Waals surface area contributed by atoms with E-state index in [9.17, 15) is 4.79 Å². The molecule has 1 amide bonds. The van der Waals surface area contributed by atoms with Crippen molar-refractivity contribution in [1.29, 1.82) is 5.26 Å². The molecule has 0 unspecified atom stereocenters. The highest BCUT2D eigenvalue weighted by atomic mass is 16.6. The number of hydrogen-bond donors (Lipinski definition) is 2. The molecule has 0 aromatic carbocycles. The van der Waals surface area contributed by atoms with Gasteiger partial charge < -0.3 is 15.8 Å².